The lowest BCUT2D eigenvalue weighted by atomic mass is 10.2. The first-order chi connectivity index (χ1) is 11.2. The van der Waals surface area contributed by atoms with Gasteiger partial charge < -0.3 is 20.1 Å². The van der Waals surface area contributed by atoms with Crippen LogP contribution >= 0.6 is 11.6 Å². The third-order valence-corrected chi connectivity index (χ3v) is 3.70. The van der Waals surface area contributed by atoms with E-state index < -0.39 is 11.5 Å². The second-order valence-electron chi connectivity index (χ2n) is 6.65. The minimum atomic E-state index is -0.697. The van der Waals surface area contributed by atoms with E-state index in [-0.39, 0.29) is 30.2 Å². The molecule has 1 fully saturated rings. The van der Waals surface area contributed by atoms with Crippen LogP contribution in [-0.2, 0) is 4.74 Å². The van der Waals surface area contributed by atoms with Gasteiger partial charge in [-0.2, -0.15) is 0 Å². The zero-order valence-electron chi connectivity index (χ0n) is 14.0. The minimum Gasteiger partial charge on any atom is -0.489 e. The summed E-state index contributed by atoms with van der Waals surface area (Å²) >= 11 is 5.89. The van der Waals surface area contributed by atoms with Gasteiger partial charge in [0.15, 0.2) is 11.4 Å². The molecule has 1 aromatic rings. The van der Waals surface area contributed by atoms with E-state index in [4.69, 9.17) is 26.8 Å². The predicted octanol–water partition coefficient (Wildman–Crippen LogP) is 2.61. The normalized spacial score (nSPS) is 17.7. The molecule has 1 unspecified atom stereocenters. The van der Waals surface area contributed by atoms with Crippen LogP contribution in [0.4, 0.5) is 4.79 Å². The van der Waals surface area contributed by atoms with Gasteiger partial charge in [0.05, 0.1) is 11.1 Å². The van der Waals surface area contributed by atoms with E-state index in [1.807, 2.05) is 20.8 Å². The number of carbonyl (C=O) groups excluding carboxylic acids is 2. The number of nitrogens with two attached hydrogens (primary N) is 1. The van der Waals surface area contributed by atoms with Crippen molar-refractivity contribution in [1.29, 1.82) is 0 Å². The lowest BCUT2D eigenvalue weighted by Crippen LogP contribution is -2.42. The van der Waals surface area contributed by atoms with Gasteiger partial charge in [0, 0.05) is 18.8 Å². The van der Waals surface area contributed by atoms with Gasteiger partial charge in [-0.05, 0) is 33.6 Å². The first kappa shape index (κ1) is 18.3. The lowest BCUT2D eigenvalue weighted by Gasteiger charge is -2.28. The Balaban J connectivity index is 2.04. The molecule has 8 heteroatoms. The fourth-order valence-electron chi connectivity index (χ4n) is 2.47. The summed E-state index contributed by atoms with van der Waals surface area (Å²) in [4.78, 5) is 29.2. The van der Waals surface area contributed by atoms with Gasteiger partial charge in [-0.1, -0.05) is 11.6 Å². The van der Waals surface area contributed by atoms with Crippen LogP contribution in [0.5, 0.6) is 5.75 Å². The van der Waals surface area contributed by atoms with Crippen LogP contribution in [0.15, 0.2) is 12.3 Å². The summed E-state index contributed by atoms with van der Waals surface area (Å²) in [6, 6.07) is 1.35. The maximum Gasteiger partial charge on any atom is 0.410 e. The summed E-state index contributed by atoms with van der Waals surface area (Å²) in [6.07, 6.45) is 2.62. The van der Waals surface area contributed by atoms with Crippen molar-refractivity contribution >= 4 is 23.6 Å². The number of halogens is 1. The van der Waals surface area contributed by atoms with Crippen molar-refractivity contribution in [3.8, 4) is 5.75 Å². The highest BCUT2D eigenvalue weighted by atomic mass is 35.5. The fraction of sp³-hybridized carbons (Fsp3) is 0.562. The topological polar surface area (TPSA) is 94.8 Å². The zero-order chi connectivity index (χ0) is 17.9. The summed E-state index contributed by atoms with van der Waals surface area (Å²) in [5.74, 6) is -0.483. The second-order valence-corrected chi connectivity index (χ2v) is 7.08. The third-order valence-electron chi connectivity index (χ3n) is 3.49. The number of aromatic nitrogens is 1. The molecule has 2 amide bonds. The molecule has 0 spiro atoms. The largest absolute Gasteiger partial charge is 0.489 e. The molecular formula is C16H22ClN3O4. The molecule has 1 aromatic heterocycles. The monoisotopic (exact) mass is 355 g/mol. The number of primary amides is 1. The number of amides is 2. The Morgan fingerprint density at radius 1 is 1.46 bits per heavy atom. The molecule has 2 N–H and O–H groups in total. The summed E-state index contributed by atoms with van der Waals surface area (Å²) in [7, 11) is 0. The molecule has 0 aliphatic carbocycles. The van der Waals surface area contributed by atoms with Crippen LogP contribution in [-0.4, -0.2) is 46.7 Å². The minimum absolute atomic E-state index is 0.0150. The number of hydrogen-bond donors (Lipinski definition) is 1. The first-order valence-corrected chi connectivity index (χ1v) is 8.13. The number of nitrogens with zero attached hydrogens (tertiary/aromatic N) is 2. The molecule has 1 aliphatic heterocycles. The van der Waals surface area contributed by atoms with E-state index in [2.05, 4.69) is 4.98 Å². The highest BCUT2D eigenvalue weighted by molar-refractivity contribution is 6.30. The summed E-state index contributed by atoms with van der Waals surface area (Å²) in [6.45, 7) is 6.29. The molecule has 0 bridgehead atoms. The Kier molecular flexibility index (Phi) is 5.54. The van der Waals surface area contributed by atoms with Gasteiger partial charge in [0.1, 0.15) is 12.2 Å². The van der Waals surface area contributed by atoms with Crippen molar-refractivity contribution in [3.63, 3.8) is 0 Å². The van der Waals surface area contributed by atoms with Crippen molar-refractivity contribution < 1.29 is 19.1 Å². The Morgan fingerprint density at radius 2 is 2.17 bits per heavy atom. The predicted molar refractivity (Wildman–Crippen MR) is 89.2 cm³/mol. The molecule has 0 saturated carbocycles. The van der Waals surface area contributed by atoms with E-state index in [1.165, 1.54) is 12.3 Å². The number of pyridine rings is 1. The van der Waals surface area contributed by atoms with E-state index in [1.54, 1.807) is 4.90 Å². The molecule has 1 saturated heterocycles. The SMILES string of the molecule is CC(C)(C)OC(=O)N1CCCC1COc1cc(Cl)cnc1C(N)=O. The van der Waals surface area contributed by atoms with Crippen LogP contribution in [0.1, 0.15) is 44.1 Å². The molecule has 0 aromatic carbocycles. The van der Waals surface area contributed by atoms with Crippen molar-refractivity contribution in [3.05, 3.63) is 23.0 Å². The Morgan fingerprint density at radius 3 is 2.79 bits per heavy atom. The Hall–Kier alpha value is -2.02. The van der Waals surface area contributed by atoms with E-state index in [9.17, 15) is 9.59 Å². The van der Waals surface area contributed by atoms with Crippen LogP contribution in [0.2, 0.25) is 5.02 Å². The molecule has 24 heavy (non-hydrogen) atoms. The number of ether oxygens (including phenoxy) is 2. The average Bonchev–Trinajstić information content (AvgIpc) is 2.91. The van der Waals surface area contributed by atoms with Crippen molar-refractivity contribution in [2.24, 2.45) is 5.73 Å². The maximum absolute atomic E-state index is 12.3. The average molecular weight is 356 g/mol. The molecule has 1 aliphatic rings. The lowest BCUT2D eigenvalue weighted by molar-refractivity contribution is 0.0186. The number of carbonyl (C=O) groups is 2. The third kappa shape index (κ3) is 4.74. The Bertz CT molecular complexity index is 630. The molecule has 2 rings (SSSR count). The first-order valence-electron chi connectivity index (χ1n) is 7.75. The van der Waals surface area contributed by atoms with Gasteiger partial charge in [-0.3, -0.25) is 4.79 Å². The molecule has 1 atom stereocenters. The molecule has 0 radical (unpaired) electrons. The second kappa shape index (κ2) is 7.25. The van der Waals surface area contributed by atoms with Crippen LogP contribution in [0.3, 0.4) is 0 Å². The molecular weight excluding hydrogens is 334 g/mol. The maximum atomic E-state index is 12.3. The van der Waals surface area contributed by atoms with E-state index >= 15 is 0 Å². The smallest absolute Gasteiger partial charge is 0.410 e. The number of rotatable bonds is 4. The highest BCUT2D eigenvalue weighted by Gasteiger charge is 2.32. The molecule has 132 valence electrons. The standard InChI is InChI=1S/C16H22ClN3O4/c1-16(2,3)24-15(22)20-6-4-5-11(20)9-23-12-7-10(17)8-19-13(12)14(18)21/h7-8,11H,4-6,9H2,1-3H3,(H2,18,21). The van der Waals surface area contributed by atoms with Crippen molar-refractivity contribution in [2.45, 2.75) is 45.3 Å². The number of hydrogen-bond acceptors (Lipinski definition) is 5. The summed E-state index contributed by atoms with van der Waals surface area (Å²) in [5, 5.41) is 0.338. The van der Waals surface area contributed by atoms with E-state index in [0.717, 1.165) is 12.8 Å². The van der Waals surface area contributed by atoms with Gasteiger partial charge >= 0.3 is 6.09 Å². The fourth-order valence-corrected chi connectivity index (χ4v) is 2.62. The number of likely N-dealkylation sites (tertiary alicyclic amines) is 1. The van der Waals surface area contributed by atoms with Crippen LogP contribution < -0.4 is 10.5 Å². The quantitative estimate of drug-likeness (QED) is 0.895. The van der Waals surface area contributed by atoms with E-state index in [0.29, 0.717) is 11.6 Å². The molecule has 7 nitrogen and oxygen atoms in total. The zero-order valence-corrected chi connectivity index (χ0v) is 14.8. The summed E-state index contributed by atoms with van der Waals surface area (Å²) in [5.41, 5.74) is 4.74. The van der Waals surface area contributed by atoms with Gasteiger partial charge in [0.2, 0.25) is 0 Å². The highest BCUT2D eigenvalue weighted by Crippen LogP contribution is 2.24. The van der Waals surface area contributed by atoms with Gasteiger partial charge in [0.25, 0.3) is 5.91 Å². The van der Waals surface area contributed by atoms with Gasteiger partial charge in [-0.25, -0.2) is 9.78 Å². The van der Waals surface area contributed by atoms with Gasteiger partial charge in [-0.15, -0.1) is 0 Å². The Labute approximate surface area is 146 Å². The summed E-state index contributed by atoms with van der Waals surface area (Å²) < 4.78 is 11.1. The van der Waals surface area contributed by atoms with Crippen LogP contribution in [0, 0.1) is 0 Å². The molecule has 2 heterocycles. The van der Waals surface area contributed by atoms with Crippen LogP contribution in [0.25, 0.3) is 0 Å². The van der Waals surface area contributed by atoms with Crippen molar-refractivity contribution in [2.75, 3.05) is 13.2 Å². The van der Waals surface area contributed by atoms with Crippen molar-refractivity contribution in [1.82, 2.24) is 9.88 Å².